The minimum atomic E-state index is -10.7. The molecule has 0 aliphatic heterocycles. The van der Waals surface area contributed by atoms with Crippen molar-refractivity contribution in [2.45, 2.75) is 12.6 Å². The van der Waals surface area contributed by atoms with Gasteiger partial charge in [0, 0.05) is 18.6 Å². The Balaban J connectivity index is 0.000000476. The first-order valence-electron chi connectivity index (χ1n) is 9.82. The third-order valence-corrected chi connectivity index (χ3v) is 4.21. The Labute approximate surface area is 209 Å². The van der Waals surface area contributed by atoms with Crippen LogP contribution in [0.2, 0.25) is 0 Å². The Hall–Kier alpha value is -2.75. The first kappa shape index (κ1) is 28.5. The number of aliphatic hydroxyl groups is 1. The first-order chi connectivity index (χ1) is 15.8. The fourth-order valence-electron chi connectivity index (χ4n) is 3.02. The average molecular weight is 569 g/mol. The van der Waals surface area contributed by atoms with Crippen molar-refractivity contribution in [3.8, 4) is 11.5 Å². The van der Waals surface area contributed by atoms with E-state index >= 15 is 0 Å². The van der Waals surface area contributed by atoms with Crippen LogP contribution in [-0.4, -0.2) is 38.3 Å². The summed E-state index contributed by atoms with van der Waals surface area (Å²) in [5.41, 5.74) is 2.68. The molecule has 0 bridgehead atoms. The Bertz CT molecular complexity index is 1260. The number of halogens is 6. The molecule has 4 aromatic heterocycles. The van der Waals surface area contributed by atoms with Gasteiger partial charge in [0.15, 0.2) is 11.2 Å². The van der Waals surface area contributed by atoms with Crippen molar-refractivity contribution < 1.29 is 54.3 Å². The predicted molar refractivity (Wildman–Crippen MR) is 117 cm³/mol. The normalized spacial score (nSPS) is 14.4. The van der Waals surface area contributed by atoms with Crippen LogP contribution < -0.4 is 4.57 Å². The summed E-state index contributed by atoms with van der Waals surface area (Å²) in [5.74, 6) is 0.930. The number of pyridine rings is 3. The summed E-state index contributed by atoms with van der Waals surface area (Å²) in [6.07, 6.45) is 8.59. The molecule has 0 aliphatic carbocycles. The number of hydrogen-bond donors (Lipinski definition) is 1. The van der Waals surface area contributed by atoms with Crippen LogP contribution in [0.1, 0.15) is 5.69 Å². The van der Waals surface area contributed by atoms with Crippen molar-refractivity contribution in [3.05, 3.63) is 85.1 Å². The second-order valence-corrected chi connectivity index (χ2v) is 9.09. The van der Waals surface area contributed by atoms with Gasteiger partial charge in [0.1, 0.15) is 18.8 Å². The van der Waals surface area contributed by atoms with Gasteiger partial charge in [-0.1, -0.05) is 18.2 Å². The van der Waals surface area contributed by atoms with Gasteiger partial charge < -0.3 is 5.11 Å². The number of aromatic nitrogens is 4. The third kappa shape index (κ3) is 10.6. The van der Waals surface area contributed by atoms with Crippen LogP contribution in [0.5, 0.6) is 0 Å². The van der Waals surface area contributed by atoms with E-state index in [1.165, 1.54) is 0 Å². The van der Waals surface area contributed by atoms with E-state index in [4.69, 9.17) is 0 Å². The summed E-state index contributed by atoms with van der Waals surface area (Å²) >= 11 is 0. The fourth-order valence-corrected chi connectivity index (χ4v) is 3.02. The van der Waals surface area contributed by atoms with E-state index in [-0.39, 0.29) is 19.5 Å². The van der Waals surface area contributed by atoms with Crippen LogP contribution in [0.3, 0.4) is 0 Å². The smallest absolute Gasteiger partial charge is 0.387 e. The van der Waals surface area contributed by atoms with Crippen LogP contribution in [0.25, 0.3) is 17.0 Å². The maximum atomic E-state index is 10.5. The van der Waals surface area contributed by atoms with E-state index in [9.17, 15) is 30.3 Å². The van der Waals surface area contributed by atoms with Crippen LogP contribution in [-0.2, 0) is 26.0 Å². The number of nitrogens with zero attached hydrogens (tertiary/aromatic N) is 5. The summed E-state index contributed by atoms with van der Waals surface area (Å²) in [5, 5.41) is 10.5. The number of hydrogen-bond acceptors (Lipinski definition) is 4. The zero-order chi connectivity index (χ0) is 24.9. The van der Waals surface area contributed by atoms with Gasteiger partial charge in [0.05, 0.1) is 18.4 Å². The number of fused-ring (bicyclic) bond motifs is 1. The van der Waals surface area contributed by atoms with Crippen molar-refractivity contribution in [1.82, 2.24) is 14.4 Å². The Morgan fingerprint density at radius 3 is 2.17 bits per heavy atom. The quantitative estimate of drug-likeness (QED) is 0.109. The van der Waals surface area contributed by atoms with Gasteiger partial charge >= 0.3 is 58.3 Å². The summed E-state index contributed by atoms with van der Waals surface area (Å²) in [7, 11) is -10.7. The maximum absolute atomic E-state index is 10.7. The largest absolute Gasteiger partial charge is 2.00 e. The molecule has 0 aromatic carbocycles. The van der Waals surface area contributed by atoms with Crippen molar-refractivity contribution >= 4 is 19.5 Å². The zero-order valence-corrected chi connectivity index (χ0v) is 22.0. The number of imidazole rings is 1. The molecule has 0 unspecified atom stereocenters. The molecule has 14 heteroatoms. The molecule has 0 fully saturated rings. The number of aliphatic hydroxyl groups excluding tert-OH is 1. The summed E-state index contributed by atoms with van der Waals surface area (Å²) in [6.45, 7) is 0.727. The molecule has 1 atom stereocenters. The van der Waals surface area contributed by atoms with Crippen LogP contribution in [0.15, 0.2) is 84.4 Å². The summed E-state index contributed by atoms with van der Waals surface area (Å²) in [6, 6.07) is 17.5. The monoisotopic (exact) mass is 567 g/mol. The molecule has 0 amide bonds. The van der Waals surface area contributed by atoms with Gasteiger partial charge in [-0.2, -0.15) is 4.40 Å². The summed E-state index contributed by atoms with van der Waals surface area (Å²) in [4.78, 5) is 13.0. The number of aliphatic imine (C=N–C) groups is 1. The molecular weight excluding hydrogens is 549 g/mol. The average Bonchev–Trinajstić information content (AvgIpc) is 3.10. The summed E-state index contributed by atoms with van der Waals surface area (Å²) < 4.78 is 63.3. The Kier molecular flexibility index (Phi) is 8.53. The van der Waals surface area contributed by atoms with Crippen molar-refractivity contribution in [1.29, 1.82) is 0 Å². The van der Waals surface area contributed by atoms with E-state index < -0.39 is 13.9 Å². The second-order valence-electron chi connectivity index (χ2n) is 7.18. The van der Waals surface area contributed by atoms with Gasteiger partial charge in [-0.25, -0.2) is 9.55 Å². The van der Waals surface area contributed by atoms with Crippen molar-refractivity contribution in [2.75, 3.05) is 6.54 Å². The molecule has 4 aromatic rings. The third-order valence-electron chi connectivity index (χ3n) is 4.21. The van der Waals surface area contributed by atoms with E-state index in [1.54, 1.807) is 18.6 Å². The van der Waals surface area contributed by atoms with Gasteiger partial charge in [-0.05, 0) is 36.4 Å². The Morgan fingerprint density at radius 2 is 1.57 bits per heavy atom. The van der Waals surface area contributed by atoms with E-state index in [2.05, 4.69) is 19.4 Å². The predicted octanol–water partition coefficient (Wildman–Crippen LogP) is 5.54. The number of rotatable bonds is 6. The molecule has 35 heavy (non-hydrogen) atoms. The molecule has 0 saturated heterocycles. The molecule has 0 radical (unpaired) electrons. The van der Waals surface area contributed by atoms with Gasteiger partial charge in [0.2, 0.25) is 0 Å². The molecule has 6 nitrogen and oxygen atoms in total. The van der Waals surface area contributed by atoms with Crippen molar-refractivity contribution in [3.63, 3.8) is 0 Å². The minimum absolute atomic E-state index is 0. The molecule has 0 saturated carbocycles. The molecular formula is C21H20F6N5OPZn+2. The molecule has 4 rings (SSSR count). The minimum Gasteiger partial charge on any atom is -0.387 e. The SMILES string of the molecule is F[P-](F)(F)(F)(F)F.O[C@H](CN=Cc1ccccn1)C[n+]1cc2ccccn2c1-c1ccccn1.[Zn+2]. The van der Waals surface area contributed by atoms with E-state index in [1.807, 2.05) is 71.6 Å². The van der Waals surface area contributed by atoms with Gasteiger partial charge in [-0.15, -0.1) is 0 Å². The standard InChI is InChI=1S/C21H20N5O.F6P.Zn/c27-19(14-22-13-17-7-1-4-10-23-17)16-25-15-18-8-3-6-12-26(18)21(25)20-9-2-5-11-24-20;1-7(2,3,4,5)6;/h1-13,15,19,27H,14,16H2;;/q+1;-1;+2/t19-;;/m1../s1. The molecule has 4 heterocycles. The van der Waals surface area contributed by atoms with E-state index in [0.29, 0.717) is 13.1 Å². The molecule has 182 valence electrons. The zero-order valence-electron chi connectivity index (χ0n) is 18.2. The molecule has 0 aliphatic rings. The van der Waals surface area contributed by atoms with E-state index in [0.717, 1.165) is 22.7 Å². The van der Waals surface area contributed by atoms with Crippen LogP contribution >= 0.6 is 7.81 Å². The van der Waals surface area contributed by atoms with Crippen molar-refractivity contribution in [2.24, 2.45) is 4.99 Å². The topological polar surface area (TPSA) is 66.7 Å². The van der Waals surface area contributed by atoms with Gasteiger partial charge in [-0.3, -0.25) is 9.98 Å². The van der Waals surface area contributed by atoms with Crippen LogP contribution in [0.4, 0.5) is 25.2 Å². The maximum Gasteiger partial charge on any atom is 2.00 e. The second kappa shape index (κ2) is 10.5. The first-order valence-corrected chi connectivity index (χ1v) is 11.9. The molecule has 0 spiro atoms. The fraction of sp³-hybridized carbons (Fsp3) is 0.143. The van der Waals surface area contributed by atoms with Crippen LogP contribution in [0, 0.1) is 0 Å². The Morgan fingerprint density at radius 1 is 0.943 bits per heavy atom. The molecule has 1 N–H and O–H groups in total. The van der Waals surface area contributed by atoms with Gasteiger partial charge in [0.25, 0.3) is 0 Å².